The Balaban J connectivity index is 1.75. The largest absolute Gasteiger partial charge is 0.508 e. The Morgan fingerprint density at radius 1 is 1.39 bits per heavy atom. The fourth-order valence-corrected chi connectivity index (χ4v) is 2.26. The maximum Gasteiger partial charge on any atom is 0.188 e. The molecule has 0 aliphatic carbocycles. The van der Waals surface area contributed by atoms with Crippen LogP contribution in [0.25, 0.3) is 0 Å². The summed E-state index contributed by atoms with van der Waals surface area (Å²) >= 11 is 6.63. The van der Waals surface area contributed by atoms with E-state index in [2.05, 4.69) is 15.6 Å². The van der Waals surface area contributed by atoms with E-state index in [1.807, 2.05) is 17.5 Å². The van der Waals surface area contributed by atoms with Crippen molar-refractivity contribution in [1.82, 2.24) is 10.3 Å². The first-order chi connectivity index (χ1) is 8.75. The van der Waals surface area contributed by atoms with Gasteiger partial charge in [-0.2, -0.15) is 0 Å². The van der Waals surface area contributed by atoms with Gasteiger partial charge < -0.3 is 15.7 Å². The summed E-state index contributed by atoms with van der Waals surface area (Å²) in [7, 11) is 0. The van der Waals surface area contributed by atoms with Gasteiger partial charge in [-0.3, -0.25) is 0 Å². The zero-order valence-corrected chi connectivity index (χ0v) is 11.2. The Labute approximate surface area is 115 Å². The summed E-state index contributed by atoms with van der Waals surface area (Å²) in [5.74, 6) is 0.318. The number of anilines is 1. The Hall–Kier alpha value is -1.66. The van der Waals surface area contributed by atoms with Crippen LogP contribution in [0.3, 0.4) is 0 Å². The van der Waals surface area contributed by atoms with Crippen molar-refractivity contribution in [3.63, 3.8) is 0 Å². The zero-order chi connectivity index (χ0) is 12.8. The highest BCUT2D eigenvalue weighted by Crippen LogP contribution is 2.15. The minimum Gasteiger partial charge on any atom is -0.508 e. The van der Waals surface area contributed by atoms with Crippen molar-refractivity contribution in [3.05, 3.63) is 41.4 Å². The first-order valence-corrected chi connectivity index (χ1v) is 6.76. The lowest BCUT2D eigenvalue weighted by molar-refractivity contribution is 0.468. The van der Waals surface area contributed by atoms with Crippen molar-refractivity contribution in [1.29, 1.82) is 0 Å². The molecule has 0 bridgehead atoms. The predicted octanol–water partition coefficient (Wildman–Crippen LogP) is 2.38. The summed E-state index contributed by atoms with van der Waals surface area (Å²) in [4.78, 5) is 4.08. The predicted molar refractivity (Wildman–Crippen MR) is 78.1 cm³/mol. The van der Waals surface area contributed by atoms with Crippen molar-refractivity contribution < 1.29 is 5.11 Å². The lowest BCUT2D eigenvalue weighted by atomic mass is 10.1. The molecule has 1 aromatic carbocycles. The minimum atomic E-state index is 0.318. The molecule has 94 valence electrons. The molecule has 2 aromatic rings. The van der Waals surface area contributed by atoms with E-state index in [4.69, 9.17) is 12.2 Å². The van der Waals surface area contributed by atoms with Crippen molar-refractivity contribution >= 4 is 33.8 Å². The number of para-hydroxylation sites is 1. The molecule has 0 atom stereocenters. The fraction of sp³-hybridized carbons (Fsp3) is 0.167. The van der Waals surface area contributed by atoms with Gasteiger partial charge in [-0.15, -0.1) is 11.3 Å². The maximum atomic E-state index is 9.60. The zero-order valence-electron chi connectivity index (χ0n) is 9.59. The van der Waals surface area contributed by atoms with Crippen LogP contribution in [0.2, 0.25) is 0 Å². The molecular weight excluding hydrogens is 266 g/mol. The number of rotatable bonds is 4. The number of benzene rings is 1. The Kier molecular flexibility index (Phi) is 4.49. The Morgan fingerprint density at radius 3 is 2.94 bits per heavy atom. The molecule has 0 spiro atoms. The minimum absolute atomic E-state index is 0.318. The van der Waals surface area contributed by atoms with Gasteiger partial charge >= 0.3 is 0 Å². The van der Waals surface area contributed by atoms with Gasteiger partial charge in [0.1, 0.15) is 5.75 Å². The summed E-state index contributed by atoms with van der Waals surface area (Å²) in [6.07, 6.45) is 2.43. The highest BCUT2D eigenvalue weighted by atomic mass is 32.1. The molecule has 0 unspecified atom stereocenters. The Morgan fingerprint density at radius 2 is 2.22 bits per heavy atom. The molecule has 1 heterocycles. The lowest BCUT2D eigenvalue weighted by Crippen LogP contribution is -2.30. The van der Waals surface area contributed by atoms with E-state index >= 15 is 0 Å². The number of thiazole rings is 1. The van der Waals surface area contributed by atoms with Crippen LogP contribution in [0, 0.1) is 0 Å². The van der Waals surface area contributed by atoms with Crippen LogP contribution in [0.4, 0.5) is 5.13 Å². The van der Waals surface area contributed by atoms with Gasteiger partial charge in [0, 0.05) is 18.1 Å². The van der Waals surface area contributed by atoms with Gasteiger partial charge in [0.15, 0.2) is 10.2 Å². The van der Waals surface area contributed by atoms with E-state index in [-0.39, 0.29) is 0 Å². The number of aromatic nitrogens is 1. The normalized spacial score (nSPS) is 10.0. The summed E-state index contributed by atoms with van der Waals surface area (Å²) in [5, 5.41) is 18.9. The van der Waals surface area contributed by atoms with Gasteiger partial charge in [0.2, 0.25) is 0 Å². The molecule has 4 nitrogen and oxygen atoms in total. The van der Waals surface area contributed by atoms with E-state index in [0.29, 0.717) is 23.8 Å². The third-order valence-corrected chi connectivity index (χ3v) is 3.26. The molecule has 2 rings (SSSR count). The maximum absolute atomic E-state index is 9.60. The second kappa shape index (κ2) is 6.32. The number of nitrogens with zero attached hydrogens (tertiary/aromatic N) is 1. The van der Waals surface area contributed by atoms with Gasteiger partial charge in [0.05, 0.1) is 0 Å². The quantitative estimate of drug-likeness (QED) is 0.750. The molecule has 0 aliphatic rings. The first kappa shape index (κ1) is 12.8. The number of hydrogen-bond donors (Lipinski definition) is 3. The number of phenols is 1. The van der Waals surface area contributed by atoms with Crippen LogP contribution in [-0.2, 0) is 6.42 Å². The Bertz CT molecular complexity index is 514. The number of nitrogens with one attached hydrogen (secondary N) is 2. The summed E-state index contributed by atoms with van der Waals surface area (Å²) < 4.78 is 0. The number of hydrogen-bond acceptors (Lipinski definition) is 4. The second-order valence-corrected chi connectivity index (χ2v) is 4.90. The molecule has 3 N–H and O–H groups in total. The van der Waals surface area contributed by atoms with Crippen LogP contribution in [-0.4, -0.2) is 21.7 Å². The van der Waals surface area contributed by atoms with E-state index in [1.54, 1.807) is 18.3 Å². The monoisotopic (exact) mass is 279 g/mol. The van der Waals surface area contributed by atoms with Crippen molar-refractivity contribution in [2.75, 3.05) is 11.9 Å². The standard InChI is InChI=1S/C12H13N3OS2/c16-10-4-2-1-3-9(10)5-6-13-11(17)15-12-14-7-8-18-12/h1-4,7-8,16H,5-6H2,(H2,13,14,15,17). The molecule has 18 heavy (non-hydrogen) atoms. The van der Waals surface area contributed by atoms with Crippen molar-refractivity contribution in [2.24, 2.45) is 0 Å². The van der Waals surface area contributed by atoms with E-state index < -0.39 is 0 Å². The molecule has 0 aliphatic heterocycles. The molecule has 0 fully saturated rings. The number of thiocarbonyl (C=S) groups is 1. The fourth-order valence-electron chi connectivity index (χ4n) is 1.46. The van der Waals surface area contributed by atoms with Crippen LogP contribution in [0.1, 0.15) is 5.56 Å². The van der Waals surface area contributed by atoms with E-state index in [1.165, 1.54) is 11.3 Å². The highest BCUT2D eigenvalue weighted by molar-refractivity contribution is 7.80. The van der Waals surface area contributed by atoms with Gasteiger partial charge in [-0.25, -0.2) is 4.98 Å². The summed E-state index contributed by atoms with van der Waals surface area (Å²) in [6, 6.07) is 7.29. The molecule has 0 amide bonds. The van der Waals surface area contributed by atoms with Crippen LogP contribution in [0.5, 0.6) is 5.75 Å². The third-order valence-electron chi connectivity index (χ3n) is 2.32. The third kappa shape index (κ3) is 3.68. The highest BCUT2D eigenvalue weighted by Gasteiger charge is 2.01. The molecule has 1 aromatic heterocycles. The van der Waals surface area contributed by atoms with E-state index in [0.717, 1.165) is 10.7 Å². The van der Waals surface area contributed by atoms with Gasteiger partial charge in [-0.05, 0) is 30.3 Å². The lowest BCUT2D eigenvalue weighted by Gasteiger charge is -2.09. The smallest absolute Gasteiger partial charge is 0.188 e. The molecular formula is C12H13N3OS2. The topological polar surface area (TPSA) is 57.2 Å². The van der Waals surface area contributed by atoms with Gasteiger partial charge in [-0.1, -0.05) is 18.2 Å². The molecule has 6 heteroatoms. The average molecular weight is 279 g/mol. The number of phenolic OH excluding ortho intramolecular Hbond substituents is 1. The summed E-state index contributed by atoms with van der Waals surface area (Å²) in [5.41, 5.74) is 0.905. The van der Waals surface area contributed by atoms with Crippen molar-refractivity contribution in [2.45, 2.75) is 6.42 Å². The SMILES string of the molecule is Oc1ccccc1CCNC(=S)Nc1nccs1. The first-order valence-electron chi connectivity index (χ1n) is 5.47. The van der Waals surface area contributed by atoms with Crippen LogP contribution < -0.4 is 10.6 Å². The average Bonchev–Trinajstić information content (AvgIpc) is 2.84. The number of aromatic hydroxyl groups is 1. The molecule has 0 saturated carbocycles. The van der Waals surface area contributed by atoms with Crippen LogP contribution >= 0.6 is 23.6 Å². The van der Waals surface area contributed by atoms with Crippen molar-refractivity contribution in [3.8, 4) is 5.75 Å². The molecule has 0 radical (unpaired) electrons. The van der Waals surface area contributed by atoms with E-state index in [9.17, 15) is 5.11 Å². The second-order valence-electron chi connectivity index (χ2n) is 3.60. The van der Waals surface area contributed by atoms with Gasteiger partial charge in [0.25, 0.3) is 0 Å². The summed E-state index contributed by atoms with van der Waals surface area (Å²) in [6.45, 7) is 0.661. The van der Waals surface area contributed by atoms with Crippen LogP contribution in [0.15, 0.2) is 35.8 Å². The molecule has 0 saturated heterocycles.